The van der Waals surface area contributed by atoms with Gasteiger partial charge in [0.15, 0.2) is 0 Å². The number of carbonyl (C=O) groups excluding carboxylic acids is 3. The molecule has 0 saturated carbocycles. The van der Waals surface area contributed by atoms with Crippen LogP contribution in [0.3, 0.4) is 0 Å². The molecule has 3 N–H and O–H groups in total. The maximum Gasteiger partial charge on any atom is 0.332 e. The number of carbonyl (C=O) groups is 3. The molecule has 0 spiro atoms. The molecule has 0 radical (unpaired) electrons. The van der Waals surface area contributed by atoms with Gasteiger partial charge < -0.3 is 20.9 Å². The van der Waals surface area contributed by atoms with E-state index in [2.05, 4.69) is 11.2 Å². The Morgan fingerprint density at radius 1 is 1.11 bits per heavy atom. The van der Waals surface area contributed by atoms with Crippen molar-refractivity contribution in [2.45, 2.75) is 25.2 Å². The van der Waals surface area contributed by atoms with E-state index in [9.17, 15) is 14.4 Å². The molecule has 2 aliphatic heterocycles. The van der Waals surface area contributed by atoms with Gasteiger partial charge in [-0.25, -0.2) is 9.80 Å². The van der Waals surface area contributed by atoms with Crippen LogP contribution in [0.5, 0.6) is 0 Å². The van der Waals surface area contributed by atoms with Crippen molar-refractivity contribution in [1.82, 2.24) is 25.1 Å². The molecular formula is C29H30N6O3. The second-order valence-electron chi connectivity index (χ2n) is 9.51. The second-order valence-corrected chi connectivity index (χ2v) is 9.51. The topological polar surface area (TPSA) is 102 Å². The number of hydrazine groups is 1. The summed E-state index contributed by atoms with van der Waals surface area (Å²) < 4.78 is 0. The summed E-state index contributed by atoms with van der Waals surface area (Å²) in [6.45, 7) is 0.564. The zero-order valence-electron chi connectivity index (χ0n) is 21.2. The highest BCUT2D eigenvalue weighted by atomic mass is 16.2. The quantitative estimate of drug-likeness (QED) is 0.390. The Balaban J connectivity index is 1.53. The molecule has 0 aliphatic carbocycles. The molecule has 194 valence electrons. The standard InChI is InChI=1S/C29H30N6O3/c1-3-15-33(29(38)31-2)34-19-27(36)35-25(16-20-11-13-23(30)14-12-20)28(37)32(18-26(34)35)17-22-9-6-8-21-7-4-5-10-24(21)22/h1,4-14,25-26H,15-19,30H2,2H3,(H,31,38)/t25-,26+/m0/s1. The minimum absolute atomic E-state index is 0.00279. The van der Waals surface area contributed by atoms with Crippen molar-refractivity contribution in [1.29, 1.82) is 0 Å². The third-order valence-electron chi connectivity index (χ3n) is 7.22. The van der Waals surface area contributed by atoms with Crippen LogP contribution in [0.4, 0.5) is 10.5 Å². The number of piperazine rings is 1. The van der Waals surface area contributed by atoms with Gasteiger partial charge in [-0.2, -0.15) is 5.01 Å². The van der Waals surface area contributed by atoms with Crippen LogP contribution in [0, 0.1) is 12.3 Å². The summed E-state index contributed by atoms with van der Waals surface area (Å²) in [6, 6.07) is 20.3. The van der Waals surface area contributed by atoms with Crippen molar-refractivity contribution in [2.24, 2.45) is 0 Å². The lowest BCUT2D eigenvalue weighted by Crippen LogP contribution is -2.66. The Morgan fingerprint density at radius 2 is 1.84 bits per heavy atom. The fourth-order valence-corrected chi connectivity index (χ4v) is 5.40. The number of nitrogens with zero attached hydrogens (tertiary/aromatic N) is 4. The molecule has 5 rings (SSSR count). The number of benzene rings is 3. The van der Waals surface area contributed by atoms with Gasteiger partial charge in [0.1, 0.15) is 12.2 Å². The van der Waals surface area contributed by atoms with Gasteiger partial charge in [0.05, 0.1) is 19.6 Å². The molecule has 0 unspecified atom stereocenters. The Hall–Kier alpha value is -4.55. The van der Waals surface area contributed by atoms with Gasteiger partial charge in [-0.1, -0.05) is 60.5 Å². The highest BCUT2D eigenvalue weighted by Crippen LogP contribution is 2.31. The van der Waals surface area contributed by atoms with E-state index < -0.39 is 18.2 Å². The highest BCUT2D eigenvalue weighted by Gasteiger charge is 2.52. The molecule has 38 heavy (non-hydrogen) atoms. The first-order valence-electron chi connectivity index (χ1n) is 12.5. The van der Waals surface area contributed by atoms with Gasteiger partial charge in [0.2, 0.25) is 11.8 Å². The van der Waals surface area contributed by atoms with Crippen LogP contribution in [-0.2, 0) is 22.6 Å². The number of hydrogen-bond donors (Lipinski definition) is 2. The number of amides is 4. The lowest BCUT2D eigenvalue weighted by atomic mass is 9.99. The molecular weight excluding hydrogens is 480 g/mol. The van der Waals surface area contributed by atoms with Crippen LogP contribution in [0.1, 0.15) is 11.1 Å². The Bertz CT molecular complexity index is 1410. The summed E-state index contributed by atoms with van der Waals surface area (Å²) in [7, 11) is 1.52. The second kappa shape index (κ2) is 10.4. The average molecular weight is 511 g/mol. The molecule has 9 heteroatoms. The molecule has 3 aromatic carbocycles. The Labute approximate surface area is 221 Å². The zero-order valence-corrected chi connectivity index (χ0v) is 21.2. The molecule has 2 fully saturated rings. The maximum atomic E-state index is 14.0. The predicted octanol–water partition coefficient (Wildman–Crippen LogP) is 2.04. The van der Waals surface area contributed by atoms with Crippen molar-refractivity contribution in [2.75, 3.05) is 32.4 Å². The van der Waals surface area contributed by atoms with Gasteiger partial charge in [-0.15, -0.1) is 6.42 Å². The van der Waals surface area contributed by atoms with E-state index in [0.29, 0.717) is 18.7 Å². The van der Waals surface area contributed by atoms with Crippen LogP contribution in [0.2, 0.25) is 0 Å². The third kappa shape index (κ3) is 4.62. The fourth-order valence-electron chi connectivity index (χ4n) is 5.40. The molecule has 4 amide bonds. The van der Waals surface area contributed by atoms with E-state index in [0.717, 1.165) is 21.9 Å². The van der Waals surface area contributed by atoms with Crippen molar-refractivity contribution in [3.8, 4) is 12.3 Å². The van der Waals surface area contributed by atoms with Crippen LogP contribution in [0.15, 0.2) is 66.7 Å². The normalized spacial score (nSPS) is 19.4. The van der Waals surface area contributed by atoms with Gasteiger partial charge in [0.25, 0.3) is 0 Å². The van der Waals surface area contributed by atoms with Crippen LogP contribution < -0.4 is 11.1 Å². The monoisotopic (exact) mass is 510 g/mol. The highest BCUT2D eigenvalue weighted by molar-refractivity contribution is 5.92. The van der Waals surface area contributed by atoms with Gasteiger partial charge in [-0.05, 0) is 34.0 Å². The lowest BCUT2D eigenvalue weighted by Gasteiger charge is -2.46. The maximum absolute atomic E-state index is 14.0. The first kappa shape index (κ1) is 25.1. The van der Waals surface area contributed by atoms with Crippen LogP contribution in [0.25, 0.3) is 10.8 Å². The number of nitrogen functional groups attached to an aromatic ring is 1. The molecule has 0 aromatic heterocycles. The van der Waals surface area contributed by atoms with Gasteiger partial charge >= 0.3 is 6.03 Å². The first-order valence-corrected chi connectivity index (χ1v) is 12.5. The van der Waals surface area contributed by atoms with Crippen molar-refractivity contribution < 1.29 is 14.4 Å². The largest absolute Gasteiger partial charge is 0.399 e. The van der Waals surface area contributed by atoms with Crippen molar-refractivity contribution in [3.63, 3.8) is 0 Å². The molecule has 2 saturated heterocycles. The number of fused-ring (bicyclic) bond motifs is 2. The number of anilines is 1. The first-order chi connectivity index (χ1) is 18.4. The van der Waals surface area contributed by atoms with Gasteiger partial charge in [-0.3, -0.25) is 9.59 Å². The minimum Gasteiger partial charge on any atom is -0.399 e. The van der Waals surface area contributed by atoms with Crippen molar-refractivity contribution in [3.05, 3.63) is 77.9 Å². The molecule has 2 atom stereocenters. The van der Waals surface area contributed by atoms with Gasteiger partial charge in [0, 0.05) is 25.7 Å². The summed E-state index contributed by atoms with van der Waals surface area (Å²) in [4.78, 5) is 43.5. The average Bonchev–Trinajstić information content (AvgIpc) is 3.25. The number of rotatable bonds is 6. The van der Waals surface area contributed by atoms with E-state index in [-0.39, 0.29) is 31.4 Å². The van der Waals surface area contributed by atoms with Crippen LogP contribution >= 0.6 is 0 Å². The molecule has 2 aliphatic rings. The molecule has 9 nitrogen and oxygen atoms in total. The number of nitrogens with two attached hydrogens (primary N) is 1. The predicted molar refractivity (Wildman–Crippen MR) is 145 cm³/mol. The van der Waals surface area contributed by atoms with E-state index in [1.54, 1.807) is 26.9 Å². The Kier molecular flexibility index (Phi) is 6.90. The van der Waals surface area contributed by atoms with E-state index in [4.69, 9.17) is 12.2 Å². The Morgan fingerprint density at radius 3 is 2.58 bits per heavy atom. The number of terminal acetylenes is 1. The summed E-state index contributed by atoms with van der Waals surface area (Å²) >= 11 is 0. The summed E-state index contributed by atoms with van der Waals surface area (Å²) in [5, 5.41) is 7.81. The minimum atomic E-state index is -0.734. The fraction of sp³-hybridized carbons (Fsp3) is 0.276. The number of nitrogens with one attached hydrogen (secondary N) is 1. The van der Waals surface area contributed by atoms with E-state index in [1.165, 1.54) is 12.1 Å². The molecule has 0 bridgehead atoms. The number of urea groups is 1. The smallest absolute Gasteiger partial charge is 0.332 e. The van der Waals surface area contributed by atoms with E-state index >= 15 is 0 Å². The summed E-state index contributed by atoms with van der Waals surface area (Å²) in [6.07, 6.45) is 5.35. The number of hydrogen-bond acceptors (Lipinski definition) is 5. The zero-order chi connectivity index (χ0) is 26.8. The third-order valence-corrected chi connectivity index (χ3v) is 7.22. The summed E-state index contributed by atoms with van der Waals surface area (Å²) in [5.41, 5.74) is 8.39. The van der Waals surface area contributed by atoms with E-state index in [1.807, 2.05) is 54.6 Å². The summed E-state index contributed by atoms with van der Waals surface area (Å²) in [5.74, 6) is 2.15. The van der Waals surface area contributed by atoms with Crippen LogP contribution in [-0.4, -0.2) is 76.6 Å². The van der Waals surface area contributed by atoms with Crippen molar-refractivity contribution >= 4 is 34.3 Å². The molecule has 3 aromatic rings. The molecule has 2 heterocycles. The lowest BCUT2D eigenvalue weighted by molar-refractivity contribution is -0.157. The SMILES string of the molecule is C#CCN(C(=O)NC)N1CC(=O)N2[C@@H](Cc3ccc(N)cc3)C(=O)N(Cc3cccc4ccccc34)C[C@@H]21.